The first-order valence-electron chi connectivity index (χ1n) is 2.24. The van der Waals surface area contributed by atoms with E-state index in [1.54, 1.807) is 6.92 Å². The highest BCUT2D eigenvalue weighted by atomic mass is 32.1. The number of hydrogen-bond donors (Lipinski definition) is 3. The number of hydrogen-bond acceptors (Lipinski definition) is 3. The van der Waals surface area contributed by atoms with Crippen LogP contribution in [-0.4, -0.2) is 23.0 Å². The van der Waals surface area contributed by atoms with E-state index in [0.29, 0.717) is 6.54 Å². The van der Waals surface area contributed by atoms with Crippen molar-refractivity contribution >= 4 is 12.6 Å². The Kier molecular flexibility index (Phi) is 3.42. The van der Waals surface area contributed by atoms with E-state index in [-0.39, 0.29) is 5.25 Å². The van der Waals surface area contributed by atoms with Crippen molar-refractivity contribution in [2.24, 2.45) is 5.73 Å². The minimum absolute atomic E-state index is 0.0694. The van der Waals surface area contributed by atoms with Crippen LogP contribution in [0.5, 0.6) is 0 Å². The van der Waals surface area contributed by atoms with Crippen LogP contribution in [0.1, 0.15) is 6.92 Å². The Morgan fingerprint density at radius 3 is 2.29 bits per heavy atom. The number of nitrogens with two attached hydrogens (primary N) is 1. The molecule has 0 fully saturated rings. The van der Waals surface area contributed by atoms with Crippen molar-refractivity contribution in [1.82, 2.24) is 0 Å². The molecule has 3 heteroatoms. The van der Waals surface area contributed by atoms with E-state index in [1.165, 1.54) is 0 Å². The first kappa shape index (κ1) is 7.27. The topological polar surface area (TPSA) is 46.2 Å². The summed E-state index contributed by atoms with van der Waals surface area (Å²) in [5, 5.41) is 8.60. The average molecular weight is 121 g/mol. The number of thiol groups is 1. The molecule has 0 radical (unpaired) electrons. The summed E-state index contributed by atoms with van der Waals surface area (Å²) >= 11 is 3.95. The second kappa shape index (κ2) is 3.29. The van der Waals surface area contributed by atoms with E-state index in [2.05, 4.69) is 12.6 Å². The van der Waals surface area contributed by atoms with Gasteiger partial charge in [0.1, 0.15) is 0 Å². The van der Waals surface area contributed by atoms with Crippen LogP contribution in [0.3, 0.4) is 0 Å². The van der Waals surface area contributed by atoms with Gasteiger partial charge in [-0.15, -0.1) is 0 Å². The lowest BCUT2D eigenvalue weighted by molar-refractivity contribution is 0.194. The lowest BCUT2D eigenvalue weighted by atomic mass is 10.3. The molecule has 0 aromatic heterocycles. The smallest absolute Gasteiger partial charge is 0.0640 e. The van der Waals surface area contributed by atoms with Gasteiger partial charge in [-0.2, -0.15) is 12.6 Å². The normalized spacial score (nSPS) is 18.9. The molecule has 0 saturated heterocycles. The summed E-state index contributed by atoms with van der Waals surface area (Å²) in [7, 11) is 0. The molecule has 1 unspecified atom stereocenters. The van der Waals surface area contributed by atoms with Crippen LogP contribution < -0.4 is 5.73 Å². The molecule has 44 valence electrons. The van der Waals surface area contributed by atoms with Gasteiger partial charge < -0.3 is 10.8 Å². The summed E-state index contributed by atoms with van der Waals surface area (Å²) in [5.74, 6) is 0. The SMILES string of the molecule is C[C@H](O)C(S)CN. The molecule has 0 amide bonds. The maximum Gasteiger partial charge on any atom is 0.0640 e. The maximum atomic E-state index is 8.66. The number of rotatable bonds is 2. The molecule has 0 spiro atoms. The summed E-state index contributed by atoms with van der Waals surface area (Å²) in [5.41, 5.74) is 5.14. The Labute approximate surface area is 49.1 Å². The lowest BCUT2D eigenvalue weighted by Crippen LogP contribution is -2.25. The molecule has 0 aliphatic heterocycles. The van der Waals surface area contributed by atoms with Crippen molar-refractivity contribution in [3.8, 4) is 0 Å². The minimum atomic E-state index is -0.395. The predicted octanol–water partition coefficient (Wildman–Crippen LogP) is -0.376. The zero-order valence-electron chi connectivity index (χ0n) is 4.33. The molecule has 0 aliphatic rings. The predicted molar refractivity (Wildman–Crippen MR) is 33.5 cm³/mol. The highest BCUT2D eigenvalue weighted by molar-refractivity contribution is 7.81. The van der Waals surface area contributed by atoms with Crippen LogP contribution in [0.2, 0.25) is 0 Å². The van der Waals surface area contributed by atoms with Crippen molar-refractivity contribution in [1.29, 1.82) is 0 Å². The molecule has 3 N–H and O–H groups in total. The molecule has 0 bridgehead atoms. The molecule has 2 nitrogen and oxygen atoms in total. The van der Waals surface area contributed by atoms with Crippen LogP contribution >= 0.6 is 12.6 Å². The van der Waals surface area contributed by atoms with Gasteiger partial charge in [-0.3, -0.25) is 0 Å². The Morgan fingerprint density at radius 2 is 2.29 bits per heavy atom. The van der Waals surface area contributed by atoms with E-state index in [1.807, 2.05) is 0 Å². The Bertz CT molecular complexity index is 49.0. The van der Waals surface area contributed by atoms with E-state index in [9.17, 15) is 0 Å². The van der Waals surface area contributed by atoms with Crippen molar-refractivity contribution in [3.63, 3.8) is 0 Å². The zero-order chi connectivity index (χ0) is 5.86. The van der Waals surface area contributed by atoms with Gasteiger partial charge >= 0.3 is 0 Å². The quantitative estimate of drug-likeness (QED) is 0.436. The van der Waals surface area contributed by atoms with Gasteiger partial charge in [-0.05, 0) is 6.92 Å². The monoisotopic (exact) mass is 121 g/mol. The molecule has 7 heavy (non-hydrogen) atoms. The third-order valence-corrected chi connectivity index (χ3v) is 1.44. The van der Waals surface area contributed by atoms with Gasteiger partial charge in [0.05, 0.1) is 6.10 Å². The second-order valence-corrected chi connectivity index (χ2v) is 2.21. The van der Waals surface area contributed by atoms with E-state index in [0.717, 1.165) is 0 Å². The molecule has 0 aliphatic carbocycles. The first-order valence-corrected chi connectivity index (χ1v) is 2.76. The van der Waals surface area contributed by atoms with Gasteiger partial charge in [-0.25, -0.2) is 0 Å². The fourth-order valence-electron chi connectivity index (χ4n) is 0.197. The van der Waals surface area contributed by atoms with Gasteiger partial charge in [0, 0.05) is 11.8 Å². The average Bonchev–Trinajstić information content (AvgIpc) is 1.65. The van der Waals surface area contributed by atoms with Crippen molar-refractivity contribution in [2.45, 2.75) is 18.3 Å². The van der Waals surface area contributed by atoms with Crippen molar-refractivity contribution in [2.75, 3.05) is 6.54 Å². The molecule has 0 aromatic rings. The number of aliphatic hydroxyl groups excluding tert-OH is 1. The lowest BCUT2D eigenvalue weighted by Gasteiger charge is -2.08. The molecule has 0 rings (SSSR count). The van der Waals surface area contributed by atoms with Gasteiger partial charge in [0.2, 0.25) is 0 Å². The number of aliphatic hydroxyl groups is 1. The zero-order valence-corrected chi connectivity index (χ0v) is 5.23. The van der Waals surface area contributed by atoms with E-state index in [4.69, 9.17) is 10.8 Å². The van der Waals surface area contributed by atoms with E-state index < -0.39 is 6.10 Å². The summed E-state index contributed by atoms with van der Waals surface area (Å²) in [6, 6.07) is 0. The summed E-state index contributed by atoms with van der Waals surface area (Å²) in [6.07, 6.45) is -0.395. The Balaban J connectivity index is 3.14. The van der Waals surface area contributed by atoms with Crippen LogP contribution in [0, 0.1) is 0 Å². The first-order chi connectivity index (χ1) is 3.18. The standard InChI is InChI=1S/C4H11NOS/c1-3(6)4(7)2-5/h3-4,6-7H,2,5H2,1H3/t3-,4?/m0/s1. The maximum absolute atomic E-state index is 8.66. The van der Waals surface area contributed by atoms with Crippen LogP contribution in [0.25, 0.3) is 0 Å². The molecule has 0 saturated carbocycles. The third-order valence-electron chi connectivity index (χ3n) is 0.798. The van der Waals surface area contributed by atoms with Crippen LogP contribution in [0.4, 0.5) is 0 Å². The molecule has 0 aromatic carbocycles. The third kappa shape index (κ3) is 2.91. The summed E-state index contributed by atoms with van der Waals surface area (Å²) < 4.78 is 0. The van der Waals surface area contributed by atoms with Gasteiger partial charge in [0.15, 0.2) is 0 Å². The minimum Gasteiger partial charge on any atom is -0.392 e. The summed E-state index contributed by atoms with van der Waals surface area (Å²) in [4.78, 5) is 0. The molecular weight excluding hydrogens is 110 g/mol. The fourth-order valence-corrected chi connectivity index (χ4v) is 0.197. The molecule has 2 atom stereocenters. The van der Waals surface area contributed by atoms with Crippen LogP contribution in [0.15, 0.2) is 0 Å². The van der Waals surface area contributed by atoms with Gasteiger partial charge in [-0.1, -0.05) is 0 Å². The largest absolute Gasteiger partial charge is 0.392 e. The fraction of sp³-hybridized carbons (Fsp3) is 1.00. The van der Waals surface area contributed by atoms with Gasteiger partial charge in [0.25, 0.3) is 0 Å². The molecular formula is C4H11NOS. The highest BCUT2D eigenvalue weighted by Gasteiger charge is 2.04. The van der Waals surface area contributed by atoms with Crippen molar-refractivity contribution < 1.29 is 5.11 Å². The Hall–Kier alpha value is 0.270. The highest BCUT2D eigenvalue weighted by Crippen LogP contribution is 1.96. The van der Waals surface area contributed by atoms with Crippen molar-refractivity contribution in [3.05, 3.63) is 0 Å². The summed E-state index contributed by atoms with van der Waals surface area (Å²) in [6.45, 7) is 2.10. The van der Waals surface area contributed by atoms with Crippen LogP contribution in [-0.2, 0) is 0 Å². The molecule has 0 heterocycles. The Morgan fingerprint density at radius 1 is 1.86 bits per heavy atom. The van der Waals surface area contributed by atoms with E-state index >= 15 is 0 Å². The second-order valence-electron chi connectivity index (χ2n) is 1.54.